The fraction of sp³-hybridized carbons (Fsp3) is 0.419. The van der Waals surface area contributed by atoms with Gasteiger partial charge in [0.05, 0.1) is 28.4 Å². The summed E-state index contributed by atoms with van der Waals surface area (Å²) in [4.78, 5) is 18.0. The molecule has 6 unspecified atom stereocenters. The maximum Gasteiger partial charge on any atom is 0.269 e. The zero-order valence-corrected chi connectivity index (χ0v) is 31.4. The molecule has 10 nitrogen and oxygen atoms in total. The predicted molar refractivity (Wildman–Crippen MR) is 211 cm³/mol. The Kier molecular flexibility index (Phi) is 13.6. The first-order valence-corrected chi connectivity index (χ1v) is 19.7. The average molecular weight is 755 g/mol. The van der Waals surface area contributed by atoms with Gasteiger partial charge in [-0.1, -0.05) is 61.0 Å². The molecule has 6 atom stereocenters. The Balaban J connectivity index is 1.51. The lowest BCUT2D eigenvalue weighted by Crippen LogP contribution is -2.64. The van der Waals surface area contributed by atoms with Crippen molar-refractivity contribution in [1.29, 1.82) is 0 Å². The molecule has 11 heteroatoms. The summed E-state index contributed by atoms with van der Waals surface area (Å²) in [6, 6.07) is 22.6. The van der Waals surface area contributed by atoms with Gasteiger partial charge in [0.2, 0.25) is 5.79 Å². The van der Waals surface area contributed by atoms with Gasteiger partial charge in [-0.15, -0.1) is 18.3 Å². The van der Waals surface area contributed by atoms with Gasteiger partial charge in [0.1, 0.15) is 24.7 Å². The highest BCUT2D eigenvalue weighted by atomic mass is 32.2. The zero-order valence-electron chi connectivity index (χ0n) is 30.6. The lowest BCUT2D eigenvalue weighted by molar-refractivity contribution is -0.384. The number of hydrogen-bond donors (Lipinski definition) is 2. The second kappa shape index (κ2) is 18.8. The van der Waals surface area contributed by atoms with Crippen LogP contribution in [-0.4, -0.2) is 58.3 Å². The third-order valence-electron chi connectivity index (χ3n) is 10.6. The fourth-order valence-corrected chi connectivity index (χ4v) is 9.54. The monoisotopic (exact) mass is 754 g/mol. The molecule has 1 aliphatic heterocycles. The van der Waals surface area contributed by atoms with Crippen molar-refractivity contribution in [3.63, 3.8) is 0 Å². The van der Waals surface area contributed by atoms with Crippen molar-refractivity contribution in [2.45, 2.75) is 73.4 Å². The highest BCUT2D eigenvalue weighted by Crippen LogP contribution is 2.63. The number of hydrogen-bond acceptors (Lipinski definition) is 10. The Morgan fingerprint density at radius 3 is 2.41 bits per heavy atom. The topological polar surface area (TPSA) is 133 Å². The number of nitro groups is 1. The van der Waals surface area contributed by atoms with Crippen LogP contribution in [0.15, 0.2) is 120 Å². The molecule has 286 valence electrons. The molecule has 0 radical (unpaired) electrons. The predicted octanol–water partition coefficient (Wildman–Crippen LogP) is 8.79. The minimum absolute atomic E-state index is 0.0174. The number of thioether (sulfide) groups is 1. The molecule has 2 aliphatic carbocycles. The van der Waals surface area contributed by atoms with Gasteiger partial charge < -0.3 is 29.3 Å². The molecule has 1 fully saturated rings. The molecule has 1 heterocycles. The standard InChI is InChI=1S/C43H50N2O8S/c1-3-24-50-33-20-21-39-37(27-33)41-35(15-9-11-23-47)31(12-8-10-22-46)26-36-38(44-52-29-30-16-18-32(19-17-30)45(48)49)28-40(54-34-13-6-5-7-14-34)43(53-39,42(36)41)51-25-4-2/h3-7,13-14,16-21,26-27,31,35,40-42,46-47H,1-2,8-12,15,22-25,28-29H2. The molecule has 54 heavy (non-hydrogen) atoms. The van der Waals surface area contributed by atoms with Gasteiger partial charge in [0.25, 0.3) is 5.69 Å². The van der Waals surface area contributed by atoms with Gasteiger partial charge in [-0.3, -0.25) is 10.1 Å². The van der Waals surface area contributed by atoms with Crippen molar-refractivity contribution >= 4 is 23.2 Å². The van der Waals surface area contributed by atoms with Crippen LogP contribution in [0.5, 0.6) is 11.5 Å². The second-order valence-electron chi connectivity index (χ2n) is 14.0. The number of ether oxygens (including phenoxy) is 3. The largest absolute Gasteiger partial charge is 0.490 e. The molecule has 0 aromatic heterocycles. The molecule has 3 aromatic carbocycles. The Bertz CT molecular complexity index is 1800. The highest BCUT2D eigenvalue weighted by Gasteiger charge is 2.64. The number of fused-ring (bicyclic) bond motifs is 2. The first kappa shape index (κ1) is 39.3. The van der Waals surface area contributed by atoms with Crippen LogP contribution in [0.1, 0.15) is 62.0 Å². The highest BCUT2D eigenvalue weighted by molar-refractivity contribution is 8.00. The molecule has 3 aromatic rings. The van der Waals surface area contributed by atoms with E-state index in [2.05, 4.69) is 37.4 Å². The quantitative estimate of drug-likeness (QED) is 0.0503. The number of aliphatic hydroxyl groups is 2. The number of allylic oxidation sites excluding steroid dienone is 1. The number of benzene rings is 3. The summed E-state index contributed by atoms with van der Waals surface area (Å²) in [6.07, 6.45) is 11.2. The molecule has 0 bridgehead atoms. The molecule has 0 saturated heterocycles. The van der Waals surface area contributed by atoms with E-state index in [-0.39, 0.29) is 61.0 Å². The third kappa shape index (κ3) is 8.76. The average Bonchev–Trinajstić information content (AvgIpc) is 3.19. The molecule has 0 amide bonds. The molecule has 0 spiro atoms. The molecule has 1 saturated carbocycles. The van der Waals surface area contributed by atoms with Crippen LogP contribution in [0.25, 0.3) is 0 Å². The van der Waals surface area contributed by atoms with Crippen molar-refractivity contribution < 1.29 is 34.2 Å². The summed E-state index contributed by atoms with van der Waals surface area (Å²) in [6.45, 7) is 8.89. The lowest BCUT2D eigenvalue weighted by Gasteiger charge is -2.58. The Morgan fingerprint density at radius 2 is 1.70 bits per heavy atom. The number of aliphatic hydroxyl groups excluding tert-OH is 2. The van der Waals surface area contributed by atoms with Crippen LogP contribution in [-0.2, 0) is 16.2 Å². The van der Waals surface area contributed by atoms with E-state index in [0.717, 1.165) is 64.5 Å². The van der Waals surface area contributed by atoms with Gasteiger partial charge >= 0.3 is 0 Å². The Morgan fingerprint density at radius 1 is 0.963 bits per heavy atom. The number of nitro benzene ring substituents is 1. The maximum absolute atomic E-state index is 11.2. The number of oxime groups is 1. The first-order valence-electron chi connectivity index (χ1n) is 18.8. The van der Waals surface area contributed by atoms with E-state index >= 15 is 0 Å². The van der Waals surface area contributed by atoms with Gasteiger partial charge in [0, 0.05) is 48.1 Å². The van der Waals surface area contributed by atoms with Gasteiger partial charge in [-0.05, 0) is 91.1 Å². The van der Waals surface area contributed by atoms with Gasteiger partial charge in [0.15, 0.2) is 0 Å². The van der Waals surface area contributed by atoms with Crippen LogP contribution in [0.4, 0.5) is 5.69 Å². The van der Waals surface area contributed by atoms with Crippen molar-refractivity contribution in [3.05, 3.63) is 131 Å². The number of nitrogens with zero attached hydrogens (tertiary/aromatic N) is 2. The summed E-state index contributed by atoms with van der Waals surface area (Å²) >= 11 is 1.70. The molecule has 3 aliphatic rings. The smallest absolute Gasteiger partial charge is 0.269 e. The van der Waals surface area contributed by atoms with Gasteiger partial charge in [-0.25, -0.2) is 0 Å². The molecular weight excluding hydrogens is 705 g/mol. The van der Waals surface area contributed by atoms with Crippen LogP contribution < -0.4 is 9.47 Å². The van der Waals surface area contributed by atoms with Gasteiger partial charge in [-0.2, -0.15) is 0 Å². The lowest BCUT2D eigenvalue weighted by atomic mass is 9.56. The van der Waals surface area contributed by atoms with E-state index in [4.69, 9.17) is 24.2 Å². The van der Waals surface area contributed by atoms with Crippen LogP contribution in [0, 0.1) is 27.9 Å². The van der Waals surface area contributed by atoms with Crippen molar-refractivity contribution in [2.24, 2.45) is 22.9 Å². The third-order valence-corrected chi connectivity index (χ3v) is 11.9. The van der Waals surface area contributed by atoms with Crippen LogP contribution in [0.3, 0.4) is 0 Å². The molecule has 6 rings (SSSR count). The Labute approximate surface area is 321 Å². The first-order chi connectivity index (χ1) is 26.4. The Hall–Kier alpha value is -4.42. The number of rotatable bonds is 20. The number of unbranched alkanes of at least 4 members (excludes halogenated alkanes) is 2. The van der Waals surface area contributed by atoms with Crippen LogP contribution >= 0.6 is 11.8 Å². The minimum Gasteiger partial charge on any atom is -0.490 e. The van der Waals surface area contributed by atoms with E-state index in [1.165, 1.54) is 12.1 Å². The van der Waals surface area contributed by atoms with Crippen molar-refractivity contribution in [3.8, 4) is 11.5 Å². The summed E-state index contributed by atoms with van der Waals surface area (Å²) in [5.74, 6) is 0.325. The van der Waals surface area contributed by atoms with E-state index < -0.39 is 10.7 Å². The van der Waals surface area contributed by atoms with Crippen molar-refractivity contribution in [2.75, 3.05) is 26.4 Å². The van der Waals surface area contributed by atoms with E-state index in [9.17, 15) is 20.3 Å². The zero-order chi connectivity index (χ0) is 37.9. The summed E-state index contributed by atoms with van der Waals surface area (Å²) in [5.41, 5.74) is 3.66. The van der Waals surface area contributed by atoms with E-state index in [1.54, 1.807) is 36.0 Å². The van der Waals surface area contributed by atoms with E-state index in [1.807, 2.05) is 30.3 Å². The van der Waals surface area contributed by atoms with E-state index in [0.29, 0.717) is 25.9 Å². The van der Waals surface area contributed by atoms with Crippen LogP contribution in [0.2, 0.25) is 0 Å². The van der Waals surface area contributed by atoms with Crippen molar-refractivity contribution in [1.82, 2.24) is 0 Å². The molecule has 2 N–H and O–H groups in total. The summed E-state index contributed by atoms with van der Waals surface area (Å²) in [7, 11) is 0. The fourth-order valence-electron chi connectivity index (χ4n) is 8.23. The summed E-state index contributed by atoms with van der Waals surface area (Å²) in [5, 5.41) is 35.5. The molecular formula is C43H50N2O8S. The minimum atomic E-state index is -1.11. The number of non-ortho nitro benzene ring substituents is 1. The SMILES string of the molecule is C=CCOc1ccc2c(c1)C1C(CCCCO)C(CCCCO)C=C3C(=NOCc4ccc([N+](=O)[O-])cc4)CC(Sc4ccccc4)C(OCC=C)(O2)C31. The normalized spacial score (nSPS) is 24.7. The maximum atomic E-state index is 11.2. The summed E-state index contributed by atoms with van der Waals surface area (Å²) < 4.78 is 20.3. The second-order valence-corrected chi connectivity index (χ2v) is 15.2.